The molecule has 1 aromatic rings. The largest absolute Gasteiger partial charge is 0.501 e. The van der Waals surface area contributed by atoms with Crippen LogP contribution in [0.15, 0.2) is 29.2 Å². The second-order valence-electron chi connectivity index (χ2n) is 4.99. The number of sulfone groups is 1. The molecule has 1 aliphatic rings. The van der Waals surface area contributed by atoms with Crippen molar-refractivity contribution in [3.8, 4) is 0 Å². The molecule has 20 heavy (non-hydrogen) atoms. The third kappa shape index (κ3) is 3.65. The molecule has 0 aliphatic heterocycles. The average Bonchev–Trinajstić information content (AvgIpc) is 3.18. The molecule has 0 unspecified atom stereocenters. The van der Waals surface area contributed by atoms with Crippen LogP contribution < -0.4 is 5.32 Å². The number of hydrogen-bond donors (Lipinski definition) is 1. The second kappa shape index (κ2) is 5.63. The van der Waals surface area contributed by atoms with Crippen LogP contribution in [0.4, 0.5) is 18.9 Å². The minimum Gasteiger partial charge on any atom is -0.385 e. The summed E-state index contributed by atoms with van der Waals surface area (Å²) in [5.74, 6) is 0.844. The van der Waals surface area contributed by atoms with Crippen LogP contribution in [-0.2, 0) is 9.84 Å². The Morgan fingerprint density at radius 2 is 1.75 bits per heavy atom. The molecule has 1 N–H and O–H groups in total. The van der Waals surface area contributed by atoms with Crippen molar-refractivity contribution in [2.24, 2.45) is 5.92 Å². The molecule has 7 heteroatoms. The van der Waals surface area contributed by atoms with Gasteiger partial charge in [-0.05, 0) is 43.0 Å². The maximum absolute atomic E-state index is 12.3. The Kier molecular flexibility index (Phi) is 4.27. The number of nitrogens with one attached hydrogen (secondary N) is 1. The third-order valence-electron chi connectivity index (χ3n) is 3.28. The molecule has 3 nitrogen and oxygen atoms in total. The number of alkyl halides is 3. The normalized spacial score (nSPS) is 16.1. The summed E-state index contributed by atoms with van der Waals surface area (Å²) in [5, 5.41) is 3.07. The van der Waals surface area contributed by atoms with Gasteiger partial charge in [0.25, 0.3) is 9.84 Å². The van der Waals surface area contributed by atoms with Gasteiger partial charge >= 0.3 is 5.51 Å². The van der Waals surface area contributed by atoms with Crippen LogP contribution in [0.3, 0.4) is 0 Å². The Labute approximate surface area is 116 Å². The fraction of sp³-hybridized carbons (Fsp3) is 0.538. The van der Waals surface area contributed by atoms with Gasteiger partial charge in [-0.3, -0.25) is 0 Å². The van der Waals surface area contributed by atoms with Gasteiger partial charge in [0.15, 0.2) is 0 Å². The zero-order valence-corrected chi connectivity index (χ0v) is 11.6. The molecule has 0 radical (unpaired) electrons. The van der Waals surface area contributed by atoms with Crippen molar-refractivity contribution in [3.63, 3.8) is 0 Å². The van der Waals surface area contributed by atoms with Gasteiger partial charge in [0.2, 0.25) is 0 Å². The zero-order valence-electron chi connectivity index (χ0n) is 10.8. The minimum atomic E-state index is -5.26. The van der Waals surface area contributed by atoms with Gasteiger partial charge < -0.3 is 5.32 Å². The summed E-state index contributed by atoms with van der Waals surface area (Å²) in [6.45, 7) is 0.738. The lowest BCUT2D eigenvalue weighted by molar-refractivity contribution is -0.0436. The Morgan fingerprint density at radius 3 is 2.25 bits per heavy atom. The van der Waals surface area contributed by atoms with Crippen LogP contribution in [0.2, 0.25) is 0 Å². The first-order valence-corrected chi connectivity index (χ1v) is 7.94. The number of halogens is 3. The highest BCUT2D eigenvalue weighted by atomic mass is 32.2. The average molecular weight is 307 g/mol. The molecule has 1 fully saturated rings. The highest BCUT2D eigenvalue weighted by Gasteiger charge is 2.46. The van der Waals surface area contributed by atoms with Gasteiger partial charge in [-0.25, -0.2) is 8.42 Å². The number of anilines is 1. The maximum Gasteiger partial charge on any atom is 0.501 e. The molecule has 1 aromatic carbocycles. The predicted molar refractivity (Wildman–Crippen MR) is 70.1 cm³/mol. The van der Waals surface area contributed by atoms with Crippen LogP contribution in [-0.4, -0.2) is 20.5 Å². The first kappa shape index (κ1) is 15.2. The molecule has 0 spiro atoms. The summed E-state index contributed by atoms with van der Waals surface area (Å²) >= 11 is 0. The van der Waals surface area contributed by atoms with Gasteiger partial charge in [0, 0.05) is 12.2 Å². The highest BCUT2D eigenvalue weighted by molar-refractivity contribution is 7.92. The molecular formula is C13H16F3NO2S. The quantitative estimate of drug-likeness (QED) is 0.817. The van der Waals surface area contributed by atoms with E-state index in [2.05, 4.69) is 5.32 Å². The Morgan fingerprint density at radius 1 is 1.15 bits per heavy atom. The highest BCUT2D eigenvalue weighted by Crippen LogP contribution is 2.33. The molecule has 0 bridgehead atoms. The monoisotopic (exact) mass is 307 g/mol. The van der Waals surface area contributed by atoms with Crippen LogP contribution in [0, 0.1) is 5.92 Å². The molecule has 112 valence electrons. The lowest BCUT2D eigenvalue weighted by Crippen LogP contribution is -2.23. The fourth-order valence-electron chi connectivity index (χ4n) is 1.92. The Balaban J connectivity index is 1.92. The summed E-state index contributed by atoms with van der Waals surface area (Å²) in [6.07, 6.45) is 4.76. The van der Waals surface area contributed by atoms with E-state index < -0.39 is 20.2 Å². The predicted octanol–water partition coefficient (Wildman–Crippen LogP) is 3.58. The summed E-state index contributed by atoms with van der Waals surface area (Å²) in [5.41, 5.74) is -4.63. The van der Waals surface area contributed by atoms with Crippen molar-refractivity contribution in [3.05, 3.63) is 24.3 Å². The molecule has 0 aromatic heterocycles. The van der Waals surface area contributed by atoms with Crippen LogP contribution in [0.5, 0.6) is 0 Å². The van der Waals surface area contributed by atoms with Gasteiger partial charge in [-0.1, -0.05) is 12.8 Å². The maximum atomic E-state index is 12.3. The van der Waals surface area contributed by atoms with Gasteiger partial charge in [-0.15, -0.1) is 0 Å². The molecule has 2 rings (SSSR count). The van der Waals surface area contributed by atoms with E-state index in [4.69, 9.17) is 0 Å². The number of rotatable bonds is 6. The van der Waals surface area contributed by atoms with Crippen molar-refractivity contribution in [1.29, 1.82) is 0 Å². The van der Waals surface area contributed by atoms with E-state index in [1.54, 1.807) is 0 Å². The molecule has 1 aliphatic carbocycles. The van der Waals surface area contributed by atoms with Crippen LogP contribution >= 0.6 is 0 Å². The Bertz CT molecular complexity index is 548. The minimum absolute atomic E-state index is 0.627. The summed E-state index contributed by atoms with van der Waals surface area (Å²) in [7, 11) is -5.25. The van der Waals surface area contributed by atoms with E-state index in [1.807, 2.05) is 0 Å². The van der Waals surface area contributed by atoms with Crippen molar-refractivity contribution in [1.82, 2.24) is 0 Å². The Hall–Kier alpha value is -1.24. The molecule has 0 saturated heterocycles. The van der Waals surface area contributed by atoms with Crippen molar-refractivity contribution in [2.75, 3.05) is 11.9 Å². The van der Waals surface area contributed by atoms with Crippen molar-refractivity contribution < 1.29 is 21.6 Å². The molecule has 0 amide bonds. The first-order valence-electron chi connectivity index (χ1n) is 6.46. The van der Waals surface area contributed by atoms with Gasteiger partial charge in [0.05, 0.1) is 4.90 Å². The molecule has 0 atom stereocenters. The summed E-state index contributed by atoms with van der Waals surface area (Å²) in [4.78, 5) is -0.728. The van der Waals surface area contributed by atoms with E-state index in [0.717, 1.165) is 37.4 Å². The van der Waals surface area contributed by atoms with Crippen LogP contribution in [0.1, 0.15) is 25.7 Å². The SMILES string of the molecule is O=S(=O)(c1ccc(NCCCC2CC2)cc1)C(F)(F)F. The molecule has 1 saturated carbocycles. The van der Waals surface area contributed by atoms with Gasteiger partial charge in [-0.2, -0.15) is 13.2 Å². The zero-order chi connectivity index (χ0) is 14.8. The lowest BCUT2D eigenvalue weighted by atomic mass is 10.2. The smallest absolute Gasteiger partial charge is 0.385 e. The second-order valence-corrected chi connectivity index (χ2v) is 6.93. The lowest BCUT2D eigenvalue weighted by Gasteiger charge is -2.10. The topological polar surface area (TPSA) is 46.2 Å². The van der Waals surface area contributed by atoms with Gasteiger partial charge in [0.1, 0.15) is 0 Å². The number of hydrogen-bond acceptors (Lipinski definition) is 3. The van der Waals surface area contributed by atoms with E-state index in [1.165, 1.54) is 25.0 Å². The molecular weight excluding hydrogens is 291 g/mol. The van der Waals surface area contributed by atoms with E-state index in [9.17, 15) is 21.6 Å². The molecule has 0 heterocycles. The van der Waals surface area contributed by atoms with E-state index >= 15 is 0 Å². The van der Waals surface area contributed by atoms with E-state index in [0.29, 0.717) is 5.69 Å². The van der Waals surface area contributed by atoms with E-state index in [-0.39, 0.29) is 0 Å². The summed E-state index contributed by atoms with van der Waals surface area (Å²) in [6, 6.07) is 4.67. The summed E-state index contributed by atoms with van der Waals surface area (Å²) < 4.78 is 59.4. The fourth-order valence-corrected chi connectivity index (χ4v) is 2.68. The third-order valence-corrected chi connectivity index (χ3v) is 4.79. The number of benzene rings is 1. The van der Waals surface area contributed by atoms with Crippen molar-refractivity contribution in [2.45, 2.75) is 36.1 Å². The van der Waals surface area contributed by atoms with Crippen molar-refractivity contribution >= 4 is 15.5 Å². The van der Waals surface area contributed by atoms with Crippen LogP contribution in [0.25, 0.3) is 0 Å². The standard InChI is InChI=1S/C13H16F3NO2S/c14-13(15,16)20(18,19)12-7-5-11(6-8-12)17-9-1-2-10-3-4-10/h5-8,10,17H,1-4,9H2. The first-order chi connectivity index (χ1) is 9.30.